The summed E-state index contributed by atoms with van der Waals surface area (Å²) in [5, 5.41) is 0. The molecule has 0 aliphatic carbocycles. The van der Waals surface area contributed by atoms with Crippen LogP contribution in [0.5, 0.6) is 5.75 Å². The highest BCUT2D eigenvalue weighted by atomic mass is 16.5. The van der Waals surface area contributed by atoms with E-state index in [1.165, 1.54) is 5.56 Å². The van der Waals surface area contributed by atoms with Gasteiger partial charge < -0.3 is 4.74 Å². The van der Waals surface area contributed by atoms with Crippen molar-refractivity contribution in [1.82, 2.24) is 10.3 Å². The van der Waals surface area contributed by atoms with Crippen molar-refractivity contribution < 1.29 is 4.74 Å². The van der Waals surface area contributed by atoms with Gasteiger partial charge in [-0.25, -0.2) is 5.43 Å². The summed E-state index contributed by atoms with van der Waals surface area (Å²) in [7, 11) is 5.63. The Morgan fingerprint density at radius 1 is 1.31 bits per heavy atom. The molecule has 0 saturated heterocycles. The molecule has 0 fully saturated rings. The maximum absolute atomic E-state index is 5.58. The van der Waals surface area contributed by atoms with E-state index in [1.54, 1.807) is 7.11 Å². The number of methoxy groups -OCH3 is 1. The van der Waals surface area contributed by atoms with Gasteiger partial charge in [0.2, 0.25) is 0 Å². The lowest BCUT2D eigenvalue weighted by Gasteiger charge is -2.26. The number of hydrogen-bond acceptors (Lipinski definition) is 4. The van der Waals surface area contributed by atoms with Crippen molar-refractivity contribution in [3.05, 3.63) is 28.8 Å². The van der Waals surface area contributed by atoms with Gasteiger partial charge in [-0.2, -0.15) is 0 Å². The van der Waals surface area contributed by atoms with Crippen molar-refractivity contribution in [1.29, 1.82) is 0 Å². The molecule has 1 aromatic rings. The molecule has 0 heterocycles. The molecule has 0 aromatic heterocycles. The SMILES string of the molecule is COc1c(C)cc(C)cc1C(NN)N(C)C. The summed E-state index contributed by atoms with van der Waals surface area (Å²) in [5.74, 6) is 6.47. The van der Waals surface area contributed by atoms with Gasteiger partial charge in [0, 0.05) is 5.56 Å². The molecule has 1 rings (SSSR count). The standard InChI is InChI=1S/C12H21N3O/c1-8-6-9(2)11(16-5)10(7-8)12(14-13)15(3)4/h6-7,12,14H,13H2,1-5H3. The van der Waals surface area contributed by atoms with Crippen LogP contribution in [0.2, 0.25) is 0 Å². The first kappa shape index (κ1) is 13.0. The van der Waals surface area contributed by atoms with Gasteiger partial charge in [-0.05, 0) is 39.6 Å². The van der Waals surface area contributed by atoms with Crippen molar-refractivity contribution in [3.63, 3.8) is 0 Å². The quantitative estimate of drug-likeness (QED) is 0.459. The van der Waals surface area contributed by atoms with Crippen LogP contribution in [-0.2, 0) is 0 Å². The Labute approximate surface area is 97.4 Å². The Morgan fingerprint density at radius 2 is 1.94 bits per heavy atom. The number of nitrogens with one attached hydrogen (secondary N) is 1. The van der Waals surface area contributed by atoms with Crippen molar-refractivity contribution in [2.24, 2.45) is 5.84 Å². The van der Waals surface area contributed by atoms with Gasteiger partial charge in [-0.3, -0.25) is 10.7 Å². The summed E-state index contributed by atoms with van der Waals surface area (Å²) in [6, 6.07) is 4.20. The molecule has 0 radical (unpaired) electrons. The molecule has 0 aliphatic heterocycles. The molecule has 1 atom stereocenters. The maximum atomic E-state index is 5.58. The lowest BCUT2D eigenvalue weighted by Crippen LogP contribution is -2.38. The van der Waals surface area contributed by atoms with Gasteiger partial charge in [-0.15, -0.1) is 0 Å². The summed E-state index contributed by atoms with van der Waals surface area (Å²) in [4.78, 5) is 2.01. The highest BCUT2D eigenvalue weighted by Gasteiger charge is 2.18. The first-order valence-corrected chi connectivity index (χ1v) is 5.29. The molecule has 0 saturated carbocycles. The second-order valence-corrected chi connectivity index (χ2v) is 4.24. The van der Waals surface area contributed by atoms with E-state index in [0.29, 0.717) is 0 Å². The van der Waals surface area contributed by atoms with E-state index < -0.39 is 0 Å². The largest absolute Gasteiger partial charge is 0.496 e. The number of nitrogens with two attached hydrogens (primary N) is 1. The van der Waals surface area contributed by atoms with Crippen LogP contribution in [0, 0.1) is 13.8 Å². The molecule has 1 aromatic carbocycles. The van der Waals surface area contributed by atoms with Crippen LogP contribution in [0.4, 0.5) is 0 Å². The number of ether oxygens (including phenoxy) is 1. The first-order valence-electron chi connectivity index (χ1n) is 5.29. The number of rotatable bonds is 4. The fourth-order valence-corrected chi connectivity index (χ4v) is 1.99. The van der Waals surface area contributed by atoms with Crippen molar-refractivity contribution in [2.75, 3.05) is 21.2 Å². The zero-order chi connectivity index (χ0) is 12.3. The third kappa shape index (κ3) is 2.52. The fourth-order valence-electron chi connectivity index (χ4n) is 1.99. The zero-order valence-electron chi connectivity index (χ0n) is 10.7. The van der Waals surface area contributed by atoms with Gasteiger partial charge in [0.15, 0.2) is 0 Å². The number of hydrogen-bond donors (Lipinski definition) is 2. The van der Waals surface area contributed by atoms with E-state index in [0.717, 1.165) is 16.9 Å². The second kappa shape index (κ2) is 5.30. The van der Waals surface area contributed by atoms with Crippen molar-refractivity contribution in [3.8, 4) is 5.75 Å². The molecule has 4 heteroatoms. The fraction of sp³-hybridized carbons (Fsp3) is 0.500. The third-order valence-electron chi connectivity index (χ3n) is 2.62. The number of aryl methyl sites for hydroxylation is 2. The highest BCUT2D eigenvalue weighted by molar-refractivity contribution is 5.45. The van der Waals surface area contributed by atoms with Crippen LogP contribution in [-0.4, -0.2) is 26.1 Å². The minimum atomic E-state index is -0.0476. The second-order valence-electron chi connectivity index (χ2n) is 4.24. The Bertz CT molecular complexity index is 364. The summed E-state index contributed by atoms with van der Waals surface area (Å²) in [6.07, 6.45) is -0.0476. The normalized spacial score (nSPS) is 12.9. The van der Waals surface area contributed by atoms with Crippen LogP contribution < -0.4 is 16.0 Å². The Balaban J connectivity index is 3.29. The van der Waals surface area contributed by atoms with Crippen LogP contribution in [0.25, 0.3) is 0 Å². The van der Waals surface area contributed by atoms with Gasteiger partial charge in [0.1, 0.15) is 11.9 Å². The average molecular weight is 223 g/mol. The molecular weight excluding hydrogens is 202 g/mol. The third-order valence-corrected chi connectivity index (χ3v) is 2.62. The molecule has 4 nitrogen and oxygen atoms in total. The van der Waals surface area contributed by atoms with Crippen LogP contribution in [0.1, 0.15) is 22.9 Å². The summed E-state index contributed by atoms with van der Waals surface area (Å²) >= 11 is 0. The Kier molecular flexibility index (Phi) is 4.29. The Morgan fingerprint density at radius 3 is 2.38 bits per heavy atom. The lowest BCUT2D eigenvalue weighted by molar-refractivity contribution is 0.245. The van der Waals surface area contributed by atoms with Crippen LogP contribution in [0.3, 0.4) is 0 Å². The maximum Gasteiger partial charge on any atom is 0.127 e. The van der Waals surface area contributed by atoms with Crippen LogP contribution >= 0.6 is 0 Å². The molecule has 1 unspecified atom stereocenters. The number of hydrazine groups is 1. The smallest absolute Gasteiger partial charge is 0.127 e. The van der Waals surface area contributed by atoms with Crippen LogP contribution in [0.15, 0.2) is 12.1 Å². The monoisotopic (exact) mass is 223 g/mol. The van der Waals surface area contributed by atoms with E-state index in [-0.39, 0.29) is 6.17 Å². The first-order chi connectivity index (χ1) is 7.51. The summed E-state index contributed by atoms with van der Waals surface area (Å²) in [5.41, 5.74) is 6.18. The molecule has 0 amide bonds. The van der Waals surface area contributed by atoms with E-state index >= 15 is 0 Å². The predicted molar refractivity (Wildman–Crippen MR) is 66.2 cm³/mol. The molecular formula is C12H21N3O. The summed E-state index contributed by atoms with van der Waals surface area (Å²) < 4.78 is 5.44. The molecule has 0 bridgehead atoms. The van der Waals surface area contributed by atoms with Crippen molar-refractivity contribution >= 4 is 0 Å². The van der Waals surface area contributed by atoms with E-state index in [1.807, 2.05) is 25.9 Å². The topological polar surface area (TPSA) is 50.5 Å². The van der Waals surface area contributed by atoms with Gasteiger partial charge in [0.05, 0.1) is 7.11 Å². The highest BCUT2D eigenvalue weighted by Crippen LogP contribution is 2.30. The van der Waals surface area contributed by atoms with E-state index in [9.17, 15) is 0 Å². The van der Waals surface area contributed by atoms with E-state index in [2.05, 4.69) is 24.5 Å². The van der Waals surface area contributed by atoms with Gasteiger partial charge in [-0.1, -0.05) is 11.6 Å². The zero-order valence-corrected chi connectivity index (χ0v) is 10.7. The minimum Gasteiger partial charge on any atom is -0.496 e. The average Bonchev–Trinajstić information content (AvgIpc) is 2.17. The van der Waals surface area contributed by atoms with E-state index in [4.69, 9.17) is 10.6 Å². The predicted octanol–water partition coefficient (Wildman–Crippen LogP) is 1.34. The minimum absolute atomic E-state index is 0.0476. The van der Waals surface area contributed by atoms with Gasteiger partial charge >= 0.3 is 0 Å². The molecule has 90 valence electrons. The molecule has 16 heavy (non-hydrogen) atoms. The number of benzene rings is 1. The van der Waals surface area contributed by atoms with Gasteiger partial charge in [0.25, 0.3) is 0 Å². The molecule has 0 spiro atoms. The Hall–Kier alpha value is -1.10. The lowest BCUT2D eigenvalue weighted by atomic mass is 10.0. The van der Waals surface area contributed by atoms with Crippen molar-refractivity contribution in [2.45, 2.75) is 20.0 Å². The molecule has 0 aliphatic rings. The summed E-state index contributed by atoms with van der Waals surface area (Å²) in [6.45, 7) is 4.11. The molecule has 3 N–H and O–H groups in total. The number of nitrogens with zero attached hydrogens (tertiary/aromatic N) is 1.